The van der Waals surface area contributed by atoms with Crippen molar-refractivity contribution < 1.29 is 4.52 Å². The van der Waals surface area contributed by atoms with Gasteiger partial charge in [0.25, 0.3) is 0 Å². The number of guanidine groups is 1. The van der Waals surface area contributed by atoms with E-state index in [2.05, 4.69) is 62.7 Å². The van der Waals surface area contributed by atoms with E-state index >= 15 is 0 Å². The van der Waals surface area contributed by atoms with Crippen molar-refractivity contribution in [1.29, 1.82) is 0 Å². The number of nitrogens with one attached hydrogen (secondary N) is 2. The van der Waals surface area contributed by atoms with E-state index in [1.807, 2.05) is 25.1 Å². The first-order valence-electron chi connectivity index (χ1n) is 7.80. The lowest BCUT2D eigenvalue weighted by atomic mass is 10.1. The Morgan fingerprint density at radius 2 is 2.08 bits per heavy atom. The molecule has 0 saturated carbocycles. The van der Waals surface area contributed by atoms with Gasteiger partial charge in [0, 0.05) is 17.1 Å². The number of aliphatic imine (C=N–C) groups is 1. The van der Waals surface area contributed by atoms with Crippen LogP contribution in [0, 0.1) is 0 Å². The largest absolute Gasteiger partial charge is 0.359 e. The average molecular weight is 507 g/mol. The van der Waals surface area contributed by atoms with E-state index in [0.29, 0.717) is 19.0 Å². The average Bonchev–Trinajstić information content (AvgIpc) is 2.99. The minimum Gasteiger partial charge on any atom is -0.359 e. The zero-order valence-electron chi connectivity index (χ0n) is 14.2. The third-order valence-electron chi connectivity index (χ3n) is 3.25. The van der Waals surface area contributed by atoms with Gasteiger partial charge in [-0.2, -0.15) is 0 Å². The van der Waals surface area contributed by atoms with Crippen LogP contribution in [-0.2, 0) is 13.1 Å². The molecule has 5 nitrogen and oxygen atoms in total. The summed E-state index contributed by atoms with van der Waals surface area (Å²) in [5.74, 6) is 1.93. The Morgan fingerprint density at radius 1 is 1.29 bits per heavy atom. The highest BCUT2D eigenvalue weighted by atomic mass is 127. The van der Waals surface area contributed by atoms with Crippen LogP contribution < -0.4 is 10.6 Å². The Kier molecular flexibility index (Phi) is 9.35. The first-order valence-corrected chi connectivity index (χ1v) is 8.60. The van der Waals surface area contributed by atoms with Crippen LogP contribution in [0.4, 0.5) is 0 Å². The second-order valence-electron chi connectivity index (χ2n) is 5.55. The van der Waals surface area contributed by atoms with Crippen molar-refractivity contribution in [3.63, 3.8) is 0 Å². The maximum absolute atomic E-state index is 5.33. The van der Waals surface area contributed by atoms with E-state index in [-0.39, 0.29) is 24.0 Å². The van der Waals surface area contributed by atoms with Gasteiger partial charge in [0.2, 0.25) is 0 Å². The molecule has 0 aliphatic heterocycles. The lowest BCUT2D eigenvalue weighted by molar-refractivity contribution is 0.372. The van der Waals surface area contributed by atoms with Gasteiger partial charge in [-0.1, -0.05) is 47.1 Å². The van der Waals surface area contributed by atoms with Gasteiger partial charge < -0.3 is 15.2 Å². The molecule has 0 spiro atoms. The van der Waals surface area contributed by atoms with E-state index in [1.165, 1.54) is 0 Å². The molecule has 24 heavy (non-hydrogen) atoms. The Balaban J connectivity index is 0.00000288. The quantitative estimate of drug-likeness (QED) is 0.345. The van der Waals surface area contributed by atoms with Crippen molar-refractivity contribution in [3.05, 3.63) is 51.8 Å². The molecule has 1 heterocycles. The minimum absolute atomic E-state index is 0. The molecule has 132 valence electrons. The van der Waals surface area contributed by atoms with Crippen molar-refractivity contribution in [2.24, 2.45) is 4.99 Å². The molecule has 1 aromatic carbocycles. The van der Waals surface area contributed by atoms with E-state index in [0.717, 1.165) is 34.0 Å². The molecule has 0 aliphatic rings. The highest BCUT2D eigenvalue weighted by Crippen LogP contribution is 2.14. The van der Waals surface area contributed by atoms with E-state index in [4.69, 9.17) is 4.52 Å². The molecule has 0 saturated heterocycles. The second-order valence-corrected chi connectivity index (χ2v) is 6.47. The predicted octanol–water partition coefficient (Wildman–Crippen LogP) is 4.43. The maximum Gasteiger partial charge on any atom is 0.191 e. The van der Waals surface area contributed by atoms with Crippen molar-refractivity contribution in [1.82, 2.24) is 15.8 Å². The fraction of sp³-hybridized carbons (Fsp3) is 0.412. The van der Waals surface area contributed by atoms with Gasteiger partial charge in [0.1, 0.15) is 0 Å². The van der Waals surface area contributed by atoms with Crippen LogP contribution in [0.1, 0.15) is 43.7 Å². The molecular weight excluding hydrogens is 483 g/mol. The first-order chi connectivity index (χ1) is 11.1. The van der Waals surface area contributed by atoms with Crippen LogP contribution in [0.2, 0.25) is 0 Å². The molecular formula is C17H24BrIN4O. The Hall–Kier alpha value is -1.09. The third-order valence-corrected chi connectivity index (χ3v) is 3.75. The Bertz CT molecular complexity index is 658. The lowest BCUT2D eigenvalue weighted by Crippen LogP contribution is -2.36. The molecule has 0 bridgehead atoms. The number of nitrogens with zero attached hydrogens (tertiary/aromatic N) is 2. The van der Waals surface area contributed by atoms with Gasteiger partial charge in [-0.3, -0.25) is 0 Å². The molecule has 2 rings (SSSR count). The van der Waals surface area contributed by atoms with Crippen molar-refractivity contribution in [3.8, 4) is 0 Å². The number of benzene rings is 1. The van der Waals surface area contributed by atoms with Crippen LogP contribution in [0.25, 0.3) is 0 Å². The van der Waals surface area contributed by atoms with Crippen molar-refractivity contribution in [2.75, 3.05) is 6.54 Å². The molecule has 0 unspecified atom stereocenters. The monoisotopic (exact) mass is 506 g/mol. The number of hydrogen-bond donors (Lipinski definition) is 2. The van der Waals surface area contributed by atoms with Crippen LogP contribution in [0.15, 0.2) is 44.3 Å². The summed E-state index contributed by atoms with van der Waals surface area (Å²) in [6.45, 7) is 8.21. The van der Waals surface area contributed by atoms with E-state index in [9.17, 15) is 0 Å². The SMILES string of the molecule is CCNC(=NCc1cccc(Br)c1)NCc1cc(C(C)C)no1.I. The standard InChI is InChI=1S/C17H23BrN4O.HI/c1-4-19-17(20-10-13-6-5-7-14(18)8-13)21-11-15-9-16(12(2)3)22-23-15;/h5-9,12H,4,10-11H2,1-3H3,(H2,19,20,21);1H. The van der Waals surface area contributed by atoms with E-state index in [1.54, 1.807) is 0 Å². The van der Waals surface area contributed by atoms with Gasteiger partial charge in [-0.05, 0) is 30.5 Å². The number of aromatic nitrogens is 1. The highest BCUT2D eigenvalue weighted by molar-refractivity contribution is 14.0. The summed E-state index contributed by atoms with van der Waals surface area (Å²) < 4.78 is 6.39. The van der Waals surface area contributed by atoms with Crippen molar-refractivity contribution >= 4 is 45.9 Å². The van der Waals surface area contributed by atoms with Gasteiger partial charge in [0.05, 0.1) is 18.8 Å². The van der Waals surface area contributed by atoms with Crippen LogP contribution in [-0.4, -0.2) is 17.7 Å². The lowest BCUT2D eigenvalue weighted by Gasteiger charge is -2.10. The van der Waals surface area contributed by atoms with Gasteiger partial charge in [-0.25, -0.2) is 4.99 Å². The molecule has 7 heteroatoms. The molecule has 0 amide bonds. The summed E-state index contributed by atoms with van der Waals surface area (Å²) in [7, 11) is 0. The van der Waals surface area contributed by atoms with Crippen LogP contribution >= 0.6 is 39.9 Å². The van der Waals surface area contributed by atoms with Gasteiger partial charge in [-0.15, -0.1) is 24.0 Å². The summed E-state index contributed by atoms with van der Waals surface area (Å²) >= 11 is 3.48. The maximum atomic E-state index is 5.33. The normalized spacial score (nSPS) is 11.3. The number of halogens is 2. The molecule has 0 fully saturated rings. The fourth-order valence-electron chi connectivity index (χ4n) is 2.00. The Labute approximate surface area is 168 Å². The molecule has 0 atom stereocenters. The zero-order valence-corrected chi connectivity index (χ0v) is 18.1. The molecule has 1 aromatic heterocycles. The predicted molar refractivity (Wildman–Crippen MR) is 112 cm³/mol. The molecule has 2 aromatic rings. The minimum atomic E-state index is 0. The summed E-state index contributed by atoms with van der Waals surface area (Å²) in [4.78, 5) is 4.59. The topological polar surface area (TPSA) is 62.5 Å². The van der Waals surface area contributed by atoms with E-state index < -0.39 is 0 Å². The van der Waals surface area contributed by atoms with Crippen LogP contribution in [0.5, 0.6) is 0 Å². The fourth-order valence-corrected chi connectivity index (χ4v) is 2.45. The zero-order chi connectivity index (χ0) is 16.7. The molecule has 2 N–H and O–H groups in total. The highest BCUT2D eigenvalue weighted by Gasteiger charge is 2.08. The summed E-state index contributed by atoms with van der Waals surface area (Å²) in [5, 5.41) is 10.6. The second kappa shape index (κ2) is 10.7. The number of rotatable bonds is 6. The third kappa shape index (κ3) is 6.80. The first kappa shape index (κ1) is 21.0. The molecule has 0 radical (unpaired) electrons. The summed E-state index contributed by atoms with van der Waals surface area (Å²) in [6.07, 6.45) is 0. The van der Waals surface area contributed by atoms with Crippen molar-refractivity contribution in [2.45, 2.75) is 39.8 Å². The van der Waals surface area contributed by atoms with Gasteiger partial charge in [0.15, 0.2) is 11.7 Å². The Morgan fingerprint density at radius 3 is 2.71 bits per heavy atom. The van der Waals surface area contributed by atoms with Crippen LogP contribution in [0.3, 0.4) is 0 Å². The summed E-state index contributed by atoms with van der Waals surface area (Å²) in [5.41, 5.74) is 2.12. The van der Waals surface area contributed by atoms with Gasteiger partial charge >= 0.3 is 0 Å². The smallest absolute Gasteiger partial charge is 0.191 e. The summed E-state index contributed by atoms with van der Waals surface area (Å²) in [6, 6.07) is 10.1. The molecule has 0 aliphatic carbocycles. The number of hydrogen-bond acceptors (Lipinski definition) is 3.